The Morgan fingerprint density at radius 2 is 2.50 bits per heavy atom. The van der Waals surface area contributed by atoms with Crippen LogP contribution in [0.1, 0.15) is 13.8 Å². The number of hydroxylamine groups is 1. The van der Waals surface area contributed by atoms with Gasteiger partial charge in [-0.1, -0.05) is 13.8 Å². The number of nitrogens with one attached hydrogen (secondary N) is 2. The van der Waals surface area contributed by atoms with Gasteiger partial charge >= 0.3 is 0 Å². The second-order valence-corrected chi connectivity index (χ2v) is 2.65. The lowest BCUT2D eigenvalue weighted by molar-refractivity contribution is -0.125. The topological polar surface area (TPSA) is 50.4 Å². The first kappa shape index (κ1) is 7.50. The van der Waals surface area contributed by atoms with Crippen molar-refractivity contribution in [2.75, 3.05) is 6.61 Å². The first-order valence-electron chi connectivity index (χ1n) is 3.38. The van der Waals surface area contributed by atoms with Gasteiger partial charge in [-0.25, -0.2) is 5.48 Å². The second-order valence-electron chi connectivity index (χ2n) is 2.65. The summed E-state index contributed by atoms with van der Waals surface area (Å²) in [6.45, 7) is 4.41. The molecule has 4 heteroatoms. The third-order valence-corrected chi connectivity index (χ3v) is 1.27. The summed E-state index contributed by atoms with van der Waals surface area (Å²) in [7, 11) is 0. The minimum atomic E-state index is -0.167. The standard InChI is InChI=1S/C6H12N2O2/c1-4(2)7-5-3-10-8-6(5)9/h4-5,7H,3H2,1-2H3,(H,8,9)/t5-/m0/s1. The van der Waals surface area contributed by atoms with Crippen molar-refractivity contribution in [3.63, 3.8) is 0 Å². The number of carbonyl (C=O) groups excluding carboxylic acids is 1. The molecule has 0 aromatic rings. The molecule has 1 aliphatic rings. The quantitative estimate of drug-likeness (QED) is 0.545. The van der Waals surface area contributed by atoms with Crippen LogP contribution in [0.25, 0.3) is 0 Å². The van der Waals surface area contributed by atoms with E-state index in [4.69, 9.17) is 4.84 Å². The highest BCUT2D eigenvalue weighted by molar-refractivity contribution is 5.82. The molecule has 0 unspecified atom stereocenters. The Labute approximate surface area is 59.9 Å². The second kappa shape index (κ2) is 2.98. The zero-order valence-corrected chi connectivity index (χ0v) is 6.18. The van der Waals surface area contributed by atoms with Crippen molar-refractivity contribution in [3.8, 4) is 0 Å². The molecule has 2 N–H and O–H groups in total. The molecule has 0 saturated carbocycles. The van der Waals surface area contributed by atoms with Crippen LogP contribution in [-0.4, -0.2) is 24.6 Å². The predicted molar refractivity (Wildman–Crippen MR) is 36.2 cm³/mol. The molecule has 58 valence electrons. The molecule has 1 amide bonds. The van der Waals surface area contributed by atoms with Crippen LogP contribution in [0.5, 0.6) is 0 Å². The van der Waals surface area contributed by atoms with Crippen LogP contribution in [0, 0.1) is 0 Å². The molecule has 0 aromatic heterocycles. The Balaban J connectivity index is 2.33. The Morgan fingerprint density at radius 3 is 2.90 bits per heavy atom. The average molecular weight is 144 g/mol. The van der Waals surface area contributed by atoms with E-state index < -0.39 is 0 Å². The van der Waals surface area contributed by atoms with Gasteiger partial charge < -0.3 is 5.32 Å². The number of hydrogen-bond donors (Lipinski definition) is 2. The molecule has 1 heterocycles. The Bertz CT molecular complexity index is 136. The van der Waals surface area contributed by atoms with E-state index in [1.54, 1.807) is 0 Å². The smallest absolute Gasteiger partial charge is 0.263 e. The molecule has 0 radical (unpaired) electrons. The zero-order valence-electron chi connectivity index (χ0n) is 6.18. The number of hydrogen-bond acceptors (Lipinski definition) is 3. The van der Waals surface area contributed by atoms with E-state index in [1.807, 2.05) is 13.8 Å². The van der Waals surface area contributed by atoms with Crippen LogP contribution in [0.4, 0.5) is 0 Å². The van der Waals surface area contributed by atoms with Crippen LogP contribution < -0.4 is 10.8 Å². The summed E-state index contributed by atoms with van der Waals surface area (Å²) in [6.07, 6.45) is 0. The summed E-state index contributed by atoms with van der Waals surface area (Å²) in [5.41, 5.74) is 2.27. The maximum absolute atomic E-state index is 10.8. The maximum atomic E-state index is 10.8. The zero-order chi connectivity index (χ0) is 7.56. The molecular formula is C6H12N2O2. The molecule has 0 bridgehead atoms. The van der Waals surface area contributed by atoms with Crippen molar-refractivity contribution in [2.45, 2.75) is 25.9 Å². The molecular weight excluding hydrogens is 132 g/mol. The molecule has 1 atom stereocenters. The number of amides is 1. The minimum absolute atomic E-state index is 0.0753. The van der Waals surface area contributed by atoms with Crippen LogP contribution in [0.15, 0.2) is 0 Å². The van der Waals surface area contributed by atoms with Crippen LogP contribution in [-0.2, 0) is 9.63 Å². The first-order chi connectivity index (χ1) is 4.70. The highest BCUT2D eigenvalue weighted by Crippen LogP contribution is 1.95. The lowest BCUT2D eigenvalue weighted by Gasteiger charge is -2.10. The van der Waals surface area contributed by atoms with E-state index in [0.717, 1.165) is 0 Å². The van der Waals surface area contributed by atoms with Gasteiger partial charge in [-0.05, 0) is 0 Å². The lowest BCUT2D eigenvalue weighted by Crippen LogP contribution is -2.41. The fourth-order valence-corrected chi connectivity index (χ4v) is 0.869. The molecule has 1 saturated heterocycles. The molecule has 4 nitrogen and oxygen atoms in total. The number of rotatable bonds is 2. The maximum Gasteiger partial charge on any atom is 0.263 e. The van der Waals surface area contributed by atoms with Crippen molar-refractivity contribution >= 4 is 5.91 Å². The normalized spacial score (nSPS) is 25.5. The van der Waals surface area contributed by atoms with E-state index in [1.165, 1.54) is 0 Å². The highest BCUT2D eigenvalue weighted by Gasteiger charge is 2.25. The third-order valence-electron chi connectivity index (χ3n) is 1.27. The summed E-state index contributed by atoms with van der Waals surface area (Å²) in [5.74, 6) is -0.0753. The average Bonchev–Trinajstić information content (AvgIpc) is 2.15. The van der Waals surface area contributed by atoms with Gasteiger partial charge in [-0.2, -0.15) is 0 Å². The molecule has 0 aromatic carbocycles. The van der Waals surface area contributed by atoms with Gasteiger partial charge in [-0.3, -0.25) is 9.63 Å². The number of carbonyl (C=O) groups is 1. The van der Waals surface area contributed by atoms with Crippen molar-refractivity contribution in [3.05, 3.63) is 0 Å². The van der Waals surface area contributed by atoms with E-state index in [2.05, 4.69) is 10.8 Å². The first-order valence-corrected chi connectivity index (χ1v) is 3.38. The molecule has 0 aliphatic carbocycles. The third kappa shape index (κ3) is 1.68. The predicted octanol–water partition coefficient (Wildman–Crippen LogP) is -0.586. The summed E-state index contributed by atoms with van der Waals surface area (Å²) in [4.78, 5) is 15.5. The van der Waals surface area contributed by atoms with Crippen LogP contribution >= 0.6 is 0 Å². The van der Waals surface area contributed by atoms with Crippen molar-refractivity contribution in [1.29, 1.82) is 0 Å². The SMILES string of the molecule is CC(C)N[C@H]1CONC1=O. The highest BCUT2D eigenvalue weighted by atomic mass is 16.7. The fraction of sp³-hybridized carbons (Fsp3) is 0.833. The Hall–Kier alpha value is -0.610. The van der Waals surface area contributed by atoms with E-state index in [0.29, 0.717) is 12.6 Å². The van der Waals surface area contributed by atoms with Gasteiger partial charge in [0.2, 0.25) is 0 Å². The largest absolute Gasteiger partial charge is 0.302 e. The molecule has 10 heavy (non-hydrogen) atoms. The van der Waals surface area contributed by atoms with Gasteiger partial charge in [0, 0.05) is 6.04 Å². The molecule has 1 aliphatic heterocycles. The summed E-state index contributed by atoms with van der Waals surface area (Å²) >= 11 is 0. The van der Waals surface area contributed by atoms with Crippen LogP contribution in [0.2, 0.25) is 0 Å². The Kier molecular flexibility index (Phi) is 2.24. The van der Waals surface area contributed by atoms with Crippen molar-refractivity contribution in [1.82, 2.24) is 10.8 Å². The van der Waals surface area contributed by atoms with Gasteiger partial charge in [0.05, 0.1) is 6.61 Å². The fourth-order valence-electron chi connectivity index (χ4n) is 0.869. The summed E-state index contributed by atoms with van der Waals surface area (Å²) < 4.78 is 0. The van der Waals surface area contributed by atoms with Gasteiger partial charge in [0.25, 0.3) is 5.91 Å². The molecule has 1 rings (SSSR count). The van der Waals surface area contributed by atoms with E-state index >= 15 is 0 Å². The van der Waals surface area contributed by atoms with Gasteiger partial charge in [-0.15, -0.1) is 0 Å². The lowest BCUT2D eigenvalue weighted by atomic mass is 10.2. The van der Waals surface area contributed by atoms with Crippen LogP contribution in [0.3, 0.4) is 0 Å². The van der Waals surface area contributed by atoms with Crippen molar-refractivity contribution < 1.29 is 9.63 Å². The minimum Gasteiger partial charge on any atom is -0.302 e. The van der Waals surface area contributed by atoms with E-state index in [-0.39, 0.29) is 11.9 Å². The van der Waals surface area contributed by atoms with Gasteiger partial charge in [0.15, 0.2) is 0 Å². The van der Waals surface area contributed by atoms with Crippen molar-refractivity contribution in [2.24, 2.45) is 0 Å². The molecule has 0 spiro atoms. The van der Waals surface area contributed by atoms with E-state index in [9.17, 15) is 4.79 Å². The Morgan fingerprint density at radius 1 is 1.80 bits per heavy atom. The molecule has 1 fully saturated rings. The summed E-state index contributed by atoms with van der Waals surface area (Å²) in [5, 5.41) is 3.05. The summed E-state index contributed by atoms with van der Waals surface area (Å²) in [6, 6.07) is 0.150. The van der Waals surface area contributed by atoms with Gasteiger partial charge in [0.1, 0.15) is 6.04 Å². The monoisotopic (exact) mass is 144 g/mol.